The van der Waals surface area contributed by atoms with Gasteiger partial charge in [0.05, 0.1) is 51.1 Å². The molecule has 5 atom stereocenters. The Hall–Kier alpha value is -5.28. The number of rotatable bonds is 20. The third-order valence-electron chi connectivity index (χ3n) is 12.1. The molecule has 0 radical (unpaired) electrons. The fourth-order valence-electron chi connectivity index (χ4n) is 9.51. The normalized spacial score (nSPS) is 21.7. The van der Waals surface area contributed by atoms with Crippen molar-refractivity contribution in [2.24, 2.45) is 11.3 Å². The summed E-state index contributed by atoms with van der Waals surface area (Å²) in [5, 5.41) is 9.66. The fourth-order valence-corrected chi connectivity index (χ4v) is 9.51. The predicted molar refractivity (Wildman–Crippen MR) is 212 cm³/mol. The molecule has 60 heavy (non-hydrogen) atoms. The Morgan fingerprint density at radius 3 is 2.32 bits per heavy atom. The van der Waals surface area contributed by atoms with Crippen LogP contribution in [0.5, 0.6) is 17.2 Å². The molecule has 6 rings (SSSR count). The Morgan fingerprint density at radius 1 is 0.950 bits per heavy atom. The smallest absolute Gasteiger partial charge is 0.416 e. The molecule has 2 saturated carbocycles. The number of alkyl halides is 3. The van der Waals surface area contributed by atoms with Crippen LogP contribution in [0.25, 0.3) is 0 Å². The first kappa shape index (κ1) is 44.3. The number of hydrogen-bond donors (Lipinski definition) is 0. The van der Waals surface area contributed by atoms with Crippen LogP contribution in [-0.2, 0) is 27.1 Å². The van der Waals surface area contributed by atoms with Gasteiger partial charge < -0.3 is 33.6 Å². The highest BCUT2D eigenvalue weighted by atomic mass is 19.4. The molecule has 326 valence electrons. The molecule has 0 bridgehead atoms. The van der Waals surface area contributed by atoms with E-state index < -0.39 is 34.7 Å². The average Bonchev–Trinajstić information content (AvgIpc) is 3.70. The summed E-state index contributed by atoms with van der Waals surface area (Å²) >= 11 is 0. The van der Waals surface area contributed by atoms with E-state index in [1.54, 1.807) is 12.0 Å². The Bertz CT molecular complexity index is 1970. The van der Waals surface area contributed by atoms with Crippen molar-refractivity contribution in [3.8, 4) is 17.2 Å². The summed E-state index contributed by atoms with van der Waals surface area (Å²) in [6, 6.07) is 15.4. The molecule has 2 aliphatic carbocycles. The SMILES string of the molecule is CCCN(Cc1ccc(OC)c(C)c1)C(=O)C1C(c2ccc(OCCCCOc3ccc(C(F)(F)F)cc3F)cc2)CC23CCCC2N(C(=O)OCCCCO[N+](=O)[O-])C13. The van der Waals surface area contributed by atoms with Gasteiger partial charge in [0.15, 0.2) is 11.6 Å². The summed E-state index contributed by atoms with van der Waals surface area (Å²) in [4.78, 5) is 47.5. The summed E-state index contributed by atoms with van der Waals surface area (Å²) in [7, 11) is 1.62. The maximum absolute atomic E-state index is 15.1. The molecule has 2 amide bonds. The van der Waals surface area contributed by atoms with Crippen molar-refractivity contribution in [3.63, 3.8) is 0 Å². The van der Waals surface area contributed by atoms with Crippen LogP contribution in [0.15, 0.2) is 60.7 Å². The number of amides is 2. The third-order valence-corrected chi connectivity index (χ3v) is 12.1. The molecule has 0 aromatic heterocycles. The molecule has 3 fully saturated rings. The number of aryl methyl sites for hydroxylation is 1. The van der Waals surface area contributed by atoms with E-state index in [1.165, 1.54) is 0 Å². The van der Waals surface area contributed by atoms with Gasteiger partial charge in [0.25, 0.3) is 5.09 Å². The number of halogens is 4. The van der Waals surface area contributed by atoms with Gasteiger partial charge in [0.2, 0.25) is 5.91 Å². The van der Waals surface area contributed by atoms with Crippen LogP contribution in [0.1, 0.15) is 92.9 Å². The first-order valence-electron chi connectivity index (χ1n) is 20.6. The third kappa shape index (κ3) is 9.84. The molecular formula is C44H53F4N3O9. The van der Waals surface area contributed by atoms with E-state index in [4.69, 9.17) is 18.9 Å². The van der Waals surface area contributed by atoms with Gasteiger partial charge in [-0.15, -0.1) is 10.1 Å². The highest BCUT2D eigenvalue weighted by Crippen LogP contribution is 2.68. The quantitative estimate of drug-likeness (QED) is 0.0473. The van der Waals surface area contributed by atoms with E-state index in [-0.39, 0.29) is 54.9 Å². The van der Waals surface area contributed by atoms with Crippen LogP contribution < -0.4 is 14.2 Å². The molecule has 12 nitrogen and oxygen atoms in total. The van der Waals surface area contributed by atoms with E-state index in [1.807, 2.05) is 61.2 Å². The molecule has 1 heterocycles. The number of carbonyl (C=O) groups is 2. The van der Waals surface area contributed by atoms with Gasteiger partial charge in [0.1, 0.15) is 11.5 Å². The molecule has 1 aliphatic heterocycles. The van der Waals surface area contributed by atoms with E-state index in [0.29, 0.717) is 57.2 Å². The number of carbonyl (C=O) groups excluding carboxylic acids is 2. The predicted octanol–water partition coefficient (Wildman–Crippen LogP) is 9.29. The molecule has 3 aromatic carbocycles. The van der Waals surface area contributed by atoms with Crippen molar-refractivity contribution in [2.75, 3.05) is 40.1 Å². The fraction of sp³-hybridized carbons (Fsp3) is 0.545. The van der Waals surface area contributed by atoms with Crippen LogP contribution in [0.4, 0.5) is 22.4 Å². The zero-order valence-electron chi connectivity index (χ0n) is 34.2. The summed E-state index contributed by atoms with van der Waals surface area (Å²) in [6.07, 6.45) is 0.792. The van der Waals surface area contributed by atoms with Crippen molar-refractivity contribution in [2.45, 2.75) is 102 Å². The highest BCUT2D eigenvalue weighted by Gasteiger charge is 2.73. The van der Waals surface area contributed by atoms with E-state index in [9.17, 15) is 32.5 Å². The van der Waals surface area contributed by atoms with Gasteiger partial charge in [-0.05, 0) is 117 Å². The van der Waals surface area contributed by atoms with Gasteiger partial charge in [0, 0.05) is 24.5 Å². The summed E-state index contributed by atoms with van der Waals surface area (Å²) in [5.41, 5.74) is 1.60. The lowest BCUT2D eigenvalue weighted by Crippen LogP contribution is -2.71. The summed E-state index contributed by atoms with van der Waals surface area (Å²) in [5.74, 6) is -0.674. The number of benzene rings is 3. The minimum Gasteiger partial charge on any atom is -0.496 e. The van der Waals surface area contributed by atoms with Crippen LogP contribution >= 0.6 is 0 Å². The second-order valence-corrected chi connectivity index (χ2v) is 15.9. The first-order chi connectivity index (χ1) is 28.8. The lowest BCUT2D eigenvalue weighted by Gasteiger charge is -2.58. The number of ether oxygens (including phenoxy) is 4. The van der Waals surface area contributed by atoms with Crippen molar-refractivity contribution in [1.82, 2.24) is 9.80 Å². The summed E-state index contributed by atoms with van der Waals surface area (Å²) in [6.45, 7) is 5.36. The summed E-state index contributed by atoms with van der Waals surface area (Å²) < 4.78 is 75.3. The largest absolute Gasteiger partial charge is 0.496 e. The molecule has 0 N–H and O–H groups in total. The van der Waals surface area contributed by atoms with E-state index in [0.717, 1.165) is 66.7 Å². The lowest BCUT2D eigenvalue weighted by molar-refractivity contribution is -0.757. The molecule has 5 unspecified atom stereocenters. The first-order valence-corrected chi connectivity index (χ1v) is 20.6. The zero-order chi connectivity index (χ0) is 43.0. The number of nitrogens with zero attached hydrogens (tertiary/aromatic N) is 3. The van der Waals surface area contributed by atoms with Crippen molar-refractivity contribution in [1.29, 1.82) is 0 Å². The van der Waals surface area contributed by atoms with Crippen LogP contribution in [0.2, 0.25) is 0 Å². The van der Waals surface area contributed by atoms with Crippen LogP contribution in [0, 0.1) is 34.2 Å². The second kappa shape index (κ2) is 19.4. The number of methoxy groups -OCH3 is 1. The number of likely N-dealkylation sites (tertiary alicyclic amines) is 1. The Kier molecular flexibility index (Phi) is 14.3. The van der Waals surface area contributed by atoms with Crippen molar-refractivity contribution >= 4 is 12.0 Å². The van der Waals surface area contributed by atoms with Gasteiger partial charge in [-0.3, -0.25) is 4.79 Å². The Balaban J connectivity index is 1.15. The zero-order valence-corrected chi connectivity index (χ0v) is 34.2. The molecule has 1 saturated heterocycles. The molecular weight excluding hydrogens is 790 g/mol. The lowest BCUT2D eigenvalue weighted by atomic mass is 9.66. The molecule has 16 heteroatoms. The monoisotopic (exact) mass is 843 g/mol. The van der Waals surface area contributed by atoms with Gasteiger partial charge in [-0.1, -0.05) is 37.6 Å². The van der Waals surface area contributed by atoms with Crippen molar-refractivity contribution in [3.05, 3.63) is 98.8 Å². The minimum absolute atomic E-state index is 0.0176. The molecule has 3 aliphatic rings. The minimum atomic E-state index is -4.64. The highest BCUT2D eigenvalue weighted by molar-refractivity contribution is 5.84. The van der Waals surface area contributed by atoms with Gasteiger partial charge >= 0.3 is 12.3 Å². The second-order valence-electron chi connectivity index (χ2n) is 15.9. The van der Waals surface area contributed by atoms with Crippen LogP contribution in [-0.4, -0.2) is 79.1 Å². The topological polar surface area (TPSA) is 130 Å². The maximum Gasteiger partial charge on any atom is 0.416 e. The Morgan fingerprint density at radius 2 is 1.65 bits per heavy atom. The maximum atomic E-state index is 15.1. The number of unbranched alkanes of at least 4 members (excludes halogenated alkanes) is 2. The van der Waals surface area contributed by atoms with E-state index >= 15 is 4.79 Å². The molecule has 3 aromatic rings. The Labute approximate surface area is 347 Å². The number of hydrogen-bond acceptors (Lipinski definition) is 9. The van der Waals surface area contributed by atoms with Gasteiger partial charge in [-0.25, -0.2) is 9.18 Å². The van der Waals surface area contributed by atoms with Gasteiger partial charge in [-0.2, -0.15) is 13.2 Å². The average molecular weight is 844 g/mol. The van der Waals surface area contributed by atoms with Crippen LogP contribution in [0.3, 0.4) is 0 Å². The van der Waals surface area contributed by atoms with E-state index in [2.05, 4.69) is 4.84 Å². The van der Waals surface area contributed by atoms with Crippen molar-refractivity contribution < 1.29 is 56.0 Å². The molecule has 1 spiro atoms. The standard InChI is InChI=1S/C44H53F4N3O9/c1-4-20-49(28-30-11-17-36(56-3)29(2)25-30)41(52)39-34(27-43-19-9-10-38(43)50(40(39)43)42(53)59-23-7-8-24-60-51(54)55)31-12-15-33(16-13-31)57-21-5-6-22-58-37-18-14-32(26-35(37)45)44(46,47)48/h11-18,25-26,34,38-40H,4-10,19-24,27-28H2,1-3H3.